The second-order valence-electron chi connectivity index (χ2n) is 7.90. The summed E-state index contributed by atoms with van der Waals surface area (Å²) < 4.78 is 5.40. The lowest BCUT2D eigenvalue weighted by Crippen LogP contribution is -2.37. The number of hydrogen-bond acceptors (Lipinski definition) is 2. The lowest BCUT2D eigenvalue weighted by atomic mass is 9.57. The van der Waals surface area contributed by atoms with Crippen molar-refractivity contribution in [1.29, 1.82) is 0 Å². The number of aryl methyl sites for hydroxylation is 1. The van der Waals surface area contributed by atoms with E-state index in [-0.39, 0.29) is 11.2 Å². The van der Waals surface area contributed by atoms with Crippen molar-refractivity contribution in [3.05, 3.63) is 52.1 Å². The number of methoxy groups -OCH3 is 1. The van der Waals surface area contributed by atoms with Gasteiger partial charge in [0.05, 0.1) is 7.11 Å². The normalized spacial score (nSPS) is 31.1. The van der Waals surface area contributed by atoms with Gasteiger partial charge in [-0.2, -0.15) is 0 Å². The molecule has 0 N–H and O–H groups in total. The number of hydrogen-bond donors (Lipinski definition) is 0. The highest BCUT2D eigenvalue weighted by molar-refractivity contribution is 5.97. The van der Waals surface area contributed by atoms with Gasteiger partial charge in [0.1, 0.15) is 5.75 Å². The van der Waals surface area contributed by atoms with Crippen LogP contribution in [-0.2, 0) is 11.2 Å². The zero-order valence-electron chi connectivity index (χ0n) is 15.1. The maximum absolute atomic E-state index is 12.2. The highest BCUT2D eigenvalue weighted by Gasteiger charge is 2.49. The molecule has 0 aliphatic heterocycles. The zero-order valence-corrected chi connectivity index (χ0v) is 15.1. The van der Waals surface area contributed by atoms with Crippen LogP contribution >= 0.6 is 0 Å². The highest BCUT2D eigenvalue weighted by Crippen LogP contribution is 2.60. The number of carbonyl (C=O) groups is 1. The quantitative estimate of drug-likeness (QED) is 0.767. The third-order valence-electron chi connectivity index (χ3n) is 6.62. The summed E-state index contributed by atoms with van der Waals surface area (Å²) >= 11 is 0. The van der Waals surface area contributed by atoms with Crippen molar-refractivity contribution in [2.24, 2.45) is 11.3 Å². The number of fused-ring (bicyclic) bond motifs is 5. The zero-order chi connectivity index (χ0) is 17.1. The molecule has 0 saturated heterocycles. The molecular weight excluding hydrogens is 296 g/mol. The van der Waals surface area contributed by atoms with Gasteiger partial charge in [-0.1, -0.05) is 24.6 Å². The summed E-state index contributed by atoms with van der Waals surface area (Å²) in [6.45, 7) is 6.14. The van der Waals surface area contributed by atoms with Crippen molar-refractivity contribution in [2.45, 2.75) is 52.4 Å². The van der Waals surface area contributed by atoms with Gasteiger partial charge in [0.15, 0.2) is 5.78 Å². The molecule has 0 amide bonds. The lowest BCUT2D eigenvalue weighted by molar-refractivity contribution is -0.114. The number of benzene rings is 1. The van der Waals surface area contributed by atoms with Crippen LogP contribution in [0.1, 0.15) is 57.1 Å². The summed E-state index contributed by atoms with van der Waals surface area (Å²) in [6.07, 6.45) is 6.88. The first-order valence-corrected chi connectivity index (χ1v) is 9.07. The second-order valence-corrected chi connectivity index (χ2v) is 7.90. The van der Waals surface area contributed by atoms with Gasteiger partial charge in [-0.15, -0.1) is 0 Å². The van der Waals surface area contributed by atoms with E-state index in [2.05, 4.69) is 38.1 Å². The van der Waals surface area contributed by atoms with E-state index < -0.39 is 0 Å². The molecule has 3 aliphatic rings. The van der Waals surface area contributed by atoms with Crippen LogP contribution in [0, 0.1) is 11.3 Å². The van der Waals surface area contributed by atoms with E-state index in [1.54, 1.807) is 14.0 Å². The summed E-state index contributed by atoms with van der Waals surface area (Å²) in [7, 11) is 1.74. The summed E-state index contributed by atoms with van der Waals surface area (Å²) in [5.41, 5.74) is 6.71. The molecule has 0 aromatic heterocycles. The van der Waals surface area contributed by atoms with Crippen LogP contribution in [-0.4, -0.2) is 12.9 Å². The Labute approximate surface area is 144 Å². The van der Waals surface area contributed by atoms with Crippen molar-refractivity contribution in [1.82, 2.24) is 0 Å². The molecule has 2 heteroatoms. The van der Waals surface area contributed by atoms with Crippen molar-refractivity contribution in [3.8, 4) is 5.75 Å². The highest BCUT2D eigenvalue weighted by atomic mass is 16.5. The topological polar surface area (TPSA) is 26.3 Å². The molecule has 1 saturated carbocycles. The Balaban J connectivity index is 1.73. The van der Waals surface area contributed by atoms with E-state index in [0.717, 1.165) is 24.2 Å². The van der Waals surface area contributed by atoms with Gasteiger partial charge in [0.2, 0.25) is 0 Å². The van der Waals surface area contributed by atoms with E-state index in [4.69, 9.17) is 4.74 Å². The van der Waals surface area contributed by atoms with Crippen molar-refractivity contribution in [2.75, 3.05) is 7.11 Å². The smallest absolute Gasteiger partial charge is 0.156 e. The molecule has 126 valence electrons. The van der Waals surface area contributed by atoms with Crippen molar-refractivity contribution < 1.29 is 9.53 Å². The molecule has 1 aromatic rings. The van der Waals surface area contributed by atoms with Gasteiger partial charge in [0.25, 0.3) is 0 Å². The van der Waals surface area contributed by atoms with Gasteiger partial charge < -0.3 is 4.74 Å². The average Bonchev–Trinajstić information content (AvgIpc) is 2.84. The second kappa shape index (κ2) is 5.34. The Morgan fingerprint density at radius 1 is 1.25 bits per heavy atom. The molecular formula is C22H26O2. The predicted octanol–water partition coefficient (Wildman–Crippen LogP) is 4.99. The summed E-state index contributed by atoms with van der Waals surface area (Å²) in [4.78, 5) is 12.2. The fourth-order valence-corrected chi connectivity index (χ4v) is 5.69. The fraction of sp³-hybridized carbons (Fsp3) is 0.500. The first-order chi connectivity index (χ1) is 11.5. The van der Waals surface area contributed by atoms with Gasteiger partial charge in [-0.05, 0) is 80.2 Å². The maximum Gasteiger partial charge on any atom is 0.156 e. The minimum Gasteiger partial charge on any atom is -0.497 e. The molecule has 0 heterocycles. The fourth-order valence-electron chi connectivity index (χ4n) is 5.69. The molecule has 3 aliphatic carbocycles. The number of allylic oxidation sites excluding steroid dienone is 4. The Bertz CT molecular complexity index is 783. The maximum atomic E-state index is 12.2. The number of Topliss-reactive ketones (excluding diaryl/α,β-unsaturated/α-hetero) is 1. The first-order valence-electron chi connectivity index (χ1n) is 9.07. The van der Waals surface area contributed by atoms with Crippen LogP contribution in [0.25, 0.3) is 0 Å². The van der Waals surface area contributed by atoms with E-state index in [1.165, 1.54) is 35.1 Å². The van der Waals surface area contributed by atoms with Crippen molar-refractivity contribution in [3.63, 3.8) is 0 Å². The number of ether oxygens (including phenoxy) is 1. The Hall–Kier alpha value is -1.83. The van der Waals surface area contributed by atoms with Gasteiger partial charge in [-0.25, -0.2) is 0 Å². The number of carbonyl (C=O) groups excluding carboxylic acids is 1. The van der Waals surface area contributed by atoms with E-state index in [9.17, 15) is 4.79 Å². The van der Waals surface area contributed by atoms with Gasteiger partial charge in [-0.3, -0.25) is 4.79 Å². The molecule has 0 spiro atoms. The first kappa shape index (κ1) is 15.7. The minimum atomic E-state index is -0.0267. The van der Waals surface area contributed by atoms with Crippen LogP contribution < -0.4 is 4.74 Å². The molecule has 2 nitrogen and oxygen atoms in total. The Morgan fingerprint density at radius 2 is 2.04 bits per heavy atom. The monoisotopic (exact) mass is 322 g/mol. The molecule has 3 atom stereocenters. The van der Waals surface area contributed by atoms with Crippen LogP contribution in [0.2, 0.25) is 0 Å². The Kier molecular flexibility index (Phi) is 3.49. The molecule has 1 aromatic carbocycles. The lowest BCUT2D eigenvalue weighted by Gasteiger charge is -2.47. The minimum absolute atomic E-state index is 0.0267. The predicted molar refractivity (Wildman–Crippen MR) is 96.4 cm³/mol. The van der Waals surface area contributed by atoms with Gasteiger partial charge in [0, 0.05) is 11.0 Å². The van der Waals surface area contributed by atoms with E-state index in [1.807, 2.05) is 0 Å². The molecule has 0 unspecified atom stereocenters. The molecule has 4 rings (SSSR count). The van der Waals surface area contributed by atoms with Crippen LogP contribution in [0.5, 0.6) is 5.75 Å². The standard InChI is InChI=1S/C22H26O2/c1-13-11-20-19-7-5-15-12-16(24-4)6-8-17(15)18(19)9-10-22(20,3)21(13)14(2)23/h6,8,11-12,18-19H,5,7,9-10H2,1-4H3/t18-,19-,22+/m1/s1. The average molecular weight is 322 g/mol. The Morgan fingerprint density at radius 3 is 2.75 bits per heavy atom. The molecule has 24 heavy (non-hydrogen) atoms. The van der Waals surface area contributed by atoms with Gasteiger partial charge >= 0.3 is 0 Å². The van der Waals surface area contributed by atoms with Crippen LogP contribution in [0.15, 0.2) is 41.0 Å². The van der Waals surface area contributed by atoms with Crippen molar-refractivity contribution >= 4 is 5.78 Å². The number of rotatable bonds is 2. The third-order valence-corrected chi connectivity index (χ3v) is 6.62. The van der Waals surface area contributed by atoms with E-state index in [0.29, 0.717) is 11.8 Å². The SMILES string of the molecule is COc1ccc2c(c1)CC[C@H]1C3=CC(C)=C(C(C)=O)[C@@]3(C)CC[C@H]21. The van der Waals surface area contributed by atoms with E-state index >= 15 is 0 Å². The largest absolute Gasteiger partial charge is 0.497 e. The summed E-state index contributed by atoms with van der Waals surface area (Å²) in [6, 6.07) is 6.59. The van der Waals surface area contributed by atoms with Crippen LogP contribution in [0.3, 0.4) is 0 Å². The van der Waals surface area contributed by atoms with Crippen LogP contribution in [0.4, 0.5) is 0 Å². The summed E-state index contributed by atoms with van der Waals surface area (Å²) in [5, 5.41) is 0. The summed E-state index contributed by atoms with van der Waals surface area (Å²) in [5.74, 6) is 2.39. The molecule has 0 radical (unpaired) electrons. The molecule has 1 fully saturated rings. The number of ketones is 1. The third kappa shape index (κ3) is 2.05. The molecule has 0 bridgehead atoms.